The number of pyridine rings is 1. The van der Waals surface area contributed by atoms with Crippen LogP contribution in [0.1, 0.15) is 18.1 Å². The Labute approximate surface area is 96.1 Å². The molecular weight excluding hydrogens is 228 g/mol. The molecule has 1 heterocycles. The lowest BCUT2D eigenvalue weighted by molar-refractivity contribution is -0.133. The molecule has 5 nitrogen and oxygen atoms in total. The van der Waals surface area contributed by atoms with Gasteiger partial charge in [-0.1, -0.05) is 18.7 Å². The maximum Gasteiger partial charge on any atom is 0.313 e. The van der Waals surface area contributed by atoms with Crippen LogP contribution in [0, 0.1) is 11.3 Å². The molecule has 1 rings (SSSR count). The Balaban J connectivity index is 3.16. The number of rotatable bonds is 4. The predicted octanol–water partition coefficient (Wildman–Crippen LogP) is 0.986. The maximum atomic E-state index is 11.3. The lowest BCUT2D eigenvalue weighted by Gasteiger charge is -2.05. The first-order valence-electron chi connectivity index (χ1n) is 4.59. The van der Waals surface area contributed by atoms with Gasteiger partial charge in [0.05, 0.1) is 16.3 Å². The van der Waals surface area contributed by atoms with Crippen LogP contribution in [0.2, 0.25) is 0 Å². The Hall–Kier alpha value is -1.74. The van der Waals surface area contributed by atoms with Crippen molar-refractivity contribution in [1.29, 1.82) is 5.26 Å². The average molecular weight is 238 g/mol. The highest BCUT2D eigenvalue weighted by molar-refractivity contribution is 7.99. The molecule has 0 aliphatic heterocycles. The van der Waals surface area contributed by atoms with Crippen LogP contribution in [-0.4, -0.2) is 21.8 Å². The molecule has 84 valence electrons. The van der Waals surface area contributed by atoms with Gasteiger partial charge in [0.25, 0.3) is 0 Å². The third-order valence-corrected chi connectivity index (χ3v) is 2.91. The van der Waals surface area contributed by atoms with Gasteiger partial charge in [-0.3, -0.25) is 9.59 Å². The zero-order chi connectivity index (χ0) is 12.1. The molecule has 0 bridgehead atoms. The molecule has 0 atom stereocenters. The van der Waals surface area contributed by atoms with Crippen molar-refractivity contribution in [2.75, 3.05) is 5.75 Å². The van der Waals surface area contributed by atoms with Gasteiger partial charge < -0.3 is 10.1 Å². The van der Waals surface area contributed by atoms with Crippen LogP contribution in [0.15, 0.2) is 15.9 Å². The number of hydrogen-bond acceptors (Lipinski definition) is 4. The van der Waals surface area contributed by atoms with Gasteiger partial charge in [-0.05, 0) is 12.0 Å². The number of nitriles is 1. The number of nitrogens with zero attached hydrogens (tertiary/aromatic N) is 1. The van der Waals surface area contributed by atoms with Crippen LogP contribution in [0.4, 0.5) is 0 Å². The third kappa shape index (κ3) is 2.87. The van der Waals surface area contributed by atoms with Gasteiger partial charge >= 0.3 is 5.97 Å². The standard InChI is InChI=1S/C10H10N2O3S/c1-2-6-3-8(13)12-10(7(6)4-11)16-5-9(14)15/h3H,2,5H2,1H3,(H,12,13)(H,14,15). The number of aromatic amines is 1. The Morgan fingerprint density at radius 2 is 2.38 bits per heavy atom. The summed E-state index contributed by atoms with van der Waals surface area (Å²) in [5.41, 5.74) is 0.677. The number of thioether (sulfide) groups is 1. The van der Waals surface area contributed by atoms with E-state index >= 15 is 0 Å². The fourth-order valence-corrected chi connectivity index (χ4v) is 1.99. The molecule has 1 aromatic heterocycles. The summed E-state index contributed by atoms with van der Waals surface area (Å²) >= 11 is 0.946. The second-order valence-corrected chi connectivity index (χ2v) is 4.00. The van der Waals surface area contributed by atoms with Crippen molar-refractivity contribution < 1.29 is 9.90 Å². The number of H-pyrrole nitrogens is 1. The summed E-state index contributed by atoms with van der Waals surface area (Å²) in [6, 6.07) is 3.35. The minimum absolute atomic E-state index is 0.183. The van der Waals surface area contributed by atoms with Gasteiger partial charge in [0, 0.05) is 6.07 Å². The van der Waals surface area contributed by atoms with Crippen LogP contribution in [0.3, 0.4) is 0 Å². The summed E-state index contributed by atoms with van der Waals surface area (Å²) < 4.78 is 0. The van der Waals surface area contributed by atoms with Crippen LogP contribution < -0.4 is 5.56 Å². The molecule has 0 spiro atoms. The van der Waals surface area contributed by atoms with Crippen molar-refractivity contribution in [3.63, 3.8) is 0 Å². The summed E-state index contributed by atoms with van der Waals surface area (Å²) in [6.45, 7) is 1.83. The number of nitrogens with one attached hydrogen (secondary N) is 1. The monoisotopic (exact) mass is 238 g/mol. The lowest BCUT2D eigenvalue weighted by Crippen LogP contribution is -2.11. The van der Waals surface area contributed by atoms with E-state index in [0.717, 1.165) is 11.8 Å². The summed E-state index contributed by atoms with van der Waals surface area (Å²) in [7, 11) is 0. The Bertz CT molecular complexity index is 502. The molecule has 6 heteroatoms. The van der Waals surface area contributed by atoms with Crippen molar-refractivity contribution in [2.45, 2.75) is 18.4 Å². The number of aryl methyl sites for hydroxylation is 1. The van der Waals surface area contributed by atoms with E-state index in [9.17, 15) is 9.59 Å². The molecule has 0 radical (unpaired) electrons. The minimum Gasteiger partial charge on any atom is -0.481 e. The highest BCUT2D eigenvalue weighted by Gasteiger charge is 2.11. The maximum absolute atomic E-state index is 11.3. The Morgan fingerprint density at radius 3 is 2.88 bits per heavy atom. The predicted molar refractivity (Wildman–Crippen MR) is 59.5 cm³/mol. The fraction of sp³-hybridized carbons (Fsp3) is 0.300. The first-order chi connectivity index (χ1) is 7.58. The average Bonchev–Trinajstić information content (AvgIpc) is 2.25. The van der Waals surface area contributed by atoms with E-state index in [1.54, 1.807) is 0 Å². The highest BCUT2D eigenvalue weighted by atomic mass is 32.2. The first-order valence-corrected chi connectivity index (χ1v) is 5.58. The molecule has 0 aromatic carbocycles. The molecule has 0 unspecified atom stereocenters. The number of carbonyl (C=O) groups is 1. The molecule has 1 aromatic rings. The van der Waals surface area contributed by atoms with Gasteiger partial charge in [-0.2, -0.15) is 5.26 Å². The van der Waals surface area contributed by atoms with Crippen molar-refractivity contribution in [3.05, 3.63) is 27.5 Å². The zero-order valence-corrected chi connectivity index (χ0v) is 9.43. The van der Waals surface area contributed by atoms with Crippen molar-refractivity contribution in [3.8, 4) is 6.07 Å². The molecule has 0 saturated carbocycles. The summed E-state index contributed by atoms with van der Waals surface area (Å²) in [5.74, 6) is -1.17. The molecular formula is C10H10N2O3S. The third-order valence-electron chi connectivity index (χ3n) is 1.92. The molecule has 0 aliphatic carbocycles. The van der Waals surface area contributed by atoms with Crippen LogP contribution in [0.25, 0.3) is 0 Å². The Kier molecular flexibility index (Phi) is 4.14. The largest absolute Gasteiger partial charge is 0.481 e. The summed E-state index contributed by atoms with van der Waals surface area (Å²) in [4.78, 5) is 24.2. The zero-order valence-electron chi connectivity index (χ0n) is 8.61. The number of aromatic nitrogens is 1. The first kappa shape index (κ1) is 12.3. The van der Waals surface area contributed by atoms with E-state index in [0.29, 0.717) is 22.6 Å². The van der Waals surface area contributed by atoms with E-state index in [1.165, 1.54) is 6.07 Å². The quantitative estimate of drug-likeness (QED) is 0.763. The molecule has 0 aliphatic rings. The van der Waals surface area contributed by atoms with Gasteiger partial charge in [-0.15, -0.1) is 0 Å². The van der Waals surface area contributed by atoms with Gasteiger partial charge in [0.1, 0.15) is 6.07 Å². The van der Waals surface area contributed by atoms with Crippen molar-refractivity contribution in [2.24, 2.45) is 0 Å². The van der Waals surface area contributed by atoms with Crippen LogP contribution >= 0.6 is 11.8 Å². The van der Waals surface area contributed by atoms with Gasteiger partial charge in [0.15, 0.2) is 0 Å². The van der Waals surface area contributed by atoms with E-state index in [1.807, 2.05) is 13.0 Å². The van der Waals surface area contributed by atoms with Crippen molar-refractivity contribution in [1.82, 2.24) is 4.98 Å². The topological polar surface area (TPSA) is 93.9 Å². The number of aliphatic carboxylic acids is 1. The van der Waals surface area contributed by atoms with Crippen molar-refractivity contribution >= 4 is 17.7 Å². The van der Waals surface area contributed by atoms with Gasteiger partial charge in [-0.25, -0.2) is 0 Å². The fourth-order valence-electron chi connectivity index (χ4n) is 1.23. The second-order valence-electron chi connectivity index (χ2n) is 3.01. The number of carboxylic acids is 1. The molecule has 0 saturated heterocycles. The van der Waals surface area contributed by atoms with E-state index in [4.69, 9.17) is 10.4 Å². The van der Waals surface area contributed by atoms with Gasteiger partial charge in [0.2, 0.25) is 5.56 Å². The summed E-state index contributed by atoms with van der Waals surface area (Å²) in [5, 5.41) is 17.8. The number of hydrogen-bond donors (Lipinski definition) is 2. The molecule has 0 fully saturated rings. The van der Waals surface area contributed by atoms with E-state index in [2.05, 4.69) is 4.98 Å². The molecule has 0 amide bonds. The summed E-state index contributed by atoms with van der Waals surface area (Å²) in [6.07, 6.45) is 0.563. The van der Waals surface area contributed by atoms with E-state index < -0.39 is 5.97 Å². The second kappa shape index (κ2) is 5.37. The highest BCUT2D eigenvalue weighted by Crippen LogP contribution is 2.21. The van der Waals surface area contributed by atoms with E-state index in [-0.39, 0.29) is 11.3 Å². The SMILES string of the molecule is CCc1cc(=O)[nH]c(SCC(=O)O)c1C#N. The lowest BCUT2D eigenvalue weighted by atomic mass is 10.1. The normalized spacial score (nSPS) is 9.75. The van der Waals surface area contributed by atoms with Crippen LogP contribution in [0.5, 0.6) is 0 Å². The van der Waals surface area contributed by atoms with Crippen LogP contribution in [-0.2, 0) is 11.2 Å². The molecule has 16 heavy (non-hydrogen) atoms. The Morgan fingerprint density at radius 1 is 1.69 bits per heavy atom. The molecule has 2 N–H and O–H groups in total. The minimum atomic E-state index is -0.989. The smallest absolute Gasteiger partial charge is 0.313 e. The number of carboxylic acid groups (broad SMARTS) is 1.